The second-order valence-corrected chi connectivity index (χ2v) is 6.53. The Labute approximate surface area is 170 Å². The monoisotopic (exact) mass is 389 g/mol. The van der Waals surface area contributed by atoms with Crippen molar-refractivity contribution in [2.24, 2.45) is 0 Å². The Bertz CT molecular complexity index is 989. The predicted octanol–water partition coefficient (Wildman–Crippen LogP) is 6.38. The summed E-state index contributed by atoms with van der Waals surface area (Å²) in [5.74, 6) is 1.33. The van der Waals surface area contributed by atoms with Crippen molar-refractivity contribution in [3.05, 3.63) is 94.5 Å². The van der Waals surface area contributed by atoms with Crippen LogP contribution in [0.4, 0.5) is 0 Å². The fourth-order valence-corrected chi connectivity index (χ4v) is 2.84. The van der Waals surface area contributed by atoms with Gasteiger partial charge in [0.25, 0.3) is 0 Å². The molecule has 28 heavy (non-hydrogen) atoms. The van der Waals surface area contributed by atoms with Crippen LogP contribution >= 0.6 is 11.6 Å². The highest BCUT2D eigenvalue weighted by Crippen LogP contribution is 2.31. The average molecular weight is 390 g/mol. The van der Waals surface area contributed by atoms with Gasteiger partial charge in [0.1, 0.15) is 6.61 Å². The third-order valence-electron chi connectivity index (χ3n) is 4.09. The molecule has 0 aliphatic rings. The summed E-state index contributed by atoms with van der Waals surface area (Å²) in [5, 5.41) is 10.2. The van der Waals surface area contributed by atoms with E-state index in [2.05, 4.69) is 6.07 Å². The molecule has 0 saturated heterocycles. The van der Waals surface area contributed by atoms with Gasteiger partial charge in [0, 0.05) is 5.02 Å². The molecule has 140 valence electrons. The zero-order chi connectivity index (χ0) is 19.8. The zero-order valence-corrected chi connectivity index (χ0v) is 16.3. The van der Waals surface area contributed by atoms with E-state index in [0.29, 0.717) is 35.3 Å². The molecule has 0 unspecified atom stereocenters. The highest BCUT2D eigenvalue weighted by Gasteiger charge is 2.08. The molecular weight excluding hydrogens is 370 g/mol. The molecule has 3 rings (SSSR count). The minimum atomic E-state index is 0.463. The van der Waals surface area contributed by atoms with Crippen LogP contribution in [0.3, 0.4) is 0 Å². The topological polar surface area (TPSA) is 42.2 Å². The van der Waals surface area contributed by atoms with Gasteiger partial charge in [-0.05, 0) is 54.0 Å². The summed E-state index contributed by atoms with van der Waals surface area (Å²) in [6.07, 6.45) is 1.83. The number of nitriles is 1. The molecule has 0 spiro atoms. The van der Waals surface area contributed by atoms with Gasteiger partial charge in [-0.3, -0.25) is 0 Å². The fraction of sp³-hybridized carbons (Fsp3) is 0.125. The Morgan fingerprint density at radius 3 is 2.39 bits per heavy atom. The van der Waals surface area contributed by atoms with Crippen LogP contribution in [0.1, 0.15) is 23.6 Å². The molecule has 0 aliphatic carbocycles. The van der Waals surface area contributed by atoms with Crippen molar-refractivity contribution in [2.75, 3.05) is 6.61 Å². The first-order chi connectivity index (χ1) is 13.7. The summed E-state index contributed by atoms with van der Waals surface area (Å²) in [5.41, 5.74) is 3.32. The Morgan fingerprint density at radius 2 is 1.71 bits per heavy atom. The lowest BCUT2D eigenvalue weighted by Gasteiger charge is -2.13. The highest BCUT2D eigenvalue weighted by molar-refractivity contribution is 6.30. The van der Waals surface area contributed by atoms with Crippen molar-refractivity contribution >= 4 is 23.3 Å². The predicted molar refractivity (Wildman–Crippen MR) is 113 cm³/mol. The van der Waals surface area contributed by atoms with Crippen molar-refractivity contribution in [3.63, 3.8) is 0 Å². The van der Waals surface area contributed by atoms with Gasteiger partial charge < -0.3 is 9.47 Å². The Balaban J connectivity index is 1.85. The molecule has 3 nitrogen and oxygen atoms in total. The van der Waals surface area contributed by atoms with Gasteiger partial charge in [-0.25, -0.2) is 0 Å². The summed E-state index contributed by atoms with van der Waals surface area (Å²) in [6.45, 7) is 2.92. The maximum atomic E-state index is 9.54. The van der Waals surface area contributed by atoms with Crippen LogP contribution < -0.4 is 9.47 Å². The van der Waals surface area contributed by atoms with E-state index in [1.807, 2.05) is 73.7 Å². The van der Waals surface area contributed by atoms with E-state index < -0.39 is 0 Å². The van der Waals surface area contributed by atoms with E-state index in [-0.39, 0.29) is 0 Å². The summed E-state index contributed by atoms with van der Waals surface area (Å²) < 4.78 is 11.7. The zero-order valence-electron chi connectivity index (χ0n) is 15.6. The van der Waals surface area contributed by atoms with Gasteiger partial charge in [-0.2, -0.15) is 5.26 Å². The van der Waals surface area contributed by atoms with Crippen LogP contribution in [-0.4, -0.2) is 6.61 Å². The van der Waals surface area contributed by atoms with Gasteiger partial charge in [0.15, 0.2) is 11.5 Å². The molecule has 0 aliphatic heterocycles. The van der Waals surface area contributed by atoms with Crippen LogP contribution in [0.5, 0.6) is 11.5 Å². The number of hydrogen-bond donors (Lipinski definition) is 0. The fourth-order valence-electron chi connectivity index (χ4n) is 2.71. The smallest absolute Gasteiger partial charge is 0.161 e. The Morgan fingerprint density at radius 1 is 0.964 bits per heavy atom. The van der Waals surface area contributed by atoms with Crippen molar-refractivity contribution in [2.45, 2.75) is 13.5 Å². The standard InChI is InChI=1S/C24H20ClNO2/c1-2-27-24-15-19(14-21(16-26)20-9-11-22(25)12-10-20)8-13-23(24)28-17-18-6-4-3-5-7-18/h3-15H,2,17H2,1H3/b21-14-. The molecule has 4 heteroatoms. The lowest BCUT2D eigenvalue weighted by Crippen LogP contribution is -2.00. The number of nitrogens with zero attached hydrogens (tertiary/aromatic N) is 1. The van der Waals surface area contributed by atoms with Crippen LogP contribution in [-0.2, 0) is 6.61 Å². The molecule has 0 atom stereocenters. The summed E-state index contributed by atoms with van der Waals surface area (Å²) in [4.78, 5) is 0. The highest BCUT2D eigenvalue weighted by atomic mass is 35.5. The van der Waals surface area contributed by atoms with E-state index in [0.717, 1.165) is 16.7 Å². The number of allylic oxidation sites excluding steroid dienone is 1. The van der Waals surface area contributed by atoms with E-state index in [1.165, 1.54) is 0 Å². The van der Waals surface area contributed by atoms with Gasteiger partial charge in [0.2, 0.25) is 0 Å². The third kappa shape index (κ3) is 5.16. The van der Waals surface area contributed by atoms with Crippen LogP contribution in [0.2, 0.25) is 5.02 Å². The first-order valence-corrected chi connectivity index (χ1v) is 9.38. The van der Waals surface area contributed by atoms with E-state index in [1.54, 1.807) is 12.1 Å². The molecule has 0 N–H and O–H groups in total. The van der Waals surface area contributed by atoms with Gasteiger partial charge >= 0.3 is 0 Å². The van der Waals surface area contributed by atoms with Crippen molar-refractivity contribution in [3.8, 4) is 17.6 Å². The Kier molecular flexibility index (Phi) is 6.73. The number of hydrogen-bond acceptors (Lipinski definition) is 3. The van der Waals surface area contributed by atoms with Crippen molar-refractivity contribution in [1.82, 2.24) is 0 Å². The summed E-state index contributed by atoms with van der Waals surface area (Å²) in [7, 11) is 0. The maximum absolute atomic E-state index is 9.54. The van der Waals surface area contributed by atoms with Crippen LogP contribution in [0.25, 0.3) is 11.6 Å². The SMILES string of the molecule is CCOc1cc(/C=C(/C#N)c2ccc(Cl)cc2)ccc1OCc1ccccc1. The van der Waals surface area contributed by atoms with E-state index in [9.17, 15) is 5.26 Å². The summed E-state index contributed by atoms with van der Waals surface area (Å²) >= 11 is 5.93. The molecule has 0 amide bonds. The number of halogens is 1. The number of benzene rings is 3. The van der Waals surface area contributed by atoms with Gasteiger partial charge in [0.05, 0.1) is 18.2 Å². The van der Waals surface area contributed by atoms with Gasteiger partial charge in [-0.1, -0.05) is 60.1 Å². The lowest BCUT2D eigenvalue weighted by molar-refractivity contribution is 0.269. The normalized spacial score (nSPS) is 11.0. The first kappa shape index (κ1) is 19.5. The molecule has 3 aromatic rings. The van der Waals surface area contributed by atoms with Crippen molar-refractivity contribution < 1.29 is 9.47 Å². The second kappa shape index (κ2) is 9.64. The molecule has 0 radical (unpaired) electrons. The van der Waals surface area contributed by atoms with Crippen LogP contribution in [0, 0.1) is 11.3 Å². The molecule has 0 aromatic heterocycles. The minimum absolute atomic E-state index is 0.463. The Hall–Kier alpha value is -3.22. The number of ether oxygens (including phenoxy) is 2. The van der Waals surface area contributed by atoms with E-state index >= 15 is 0 Å². The first-order valence-electron chi connectivity index (χ1n) is 9.01. The third-order valence-corrected chi connectivity index (χ3v) is 4.34. The van der Waals surface area contributed by atoms with Gasteiger partial charge in [-0.15, -0.1) is 0 Å². The molecule has 0 saturated carbocycles. The molecular formula is C24H20ClNO2. The van der Waals surface area contributed by atoms with Crippen LogP contribution in [0.15, 0.2) is 72.8 Å². The quantitative estimate of drug-likeness (QED) is 0.347. The lowest BCUT2D eigenvalue weighted by atomic mass is 10.0. The minimum Gasteiger partial charge on any atom is -0.490 e. The van der Waals surface area contributed by atoms with E-state index in [4.69, 9.17) is 21.1 Å². The average Bonchev–Trinajstić information content (AvgIpc) is 2.73. The molecule has 0 heterocycles. The largest absolute Gasteiger partial charge is 0.490 e. The maximum Gasteiger partial charge on any atom is 0.161 e. The molecule has 3 aromatic carbocycles. The summed E-state index contributed by atoms with van der Waals surface area (Å²) in [6, 6.07) is 25.1. The van der Waals surface area contributed by atoms with Crippen molar-refractivity contribution in [1.29, 1.82) is 5.26 Å². The second-order valence-electron chi connectivity index (χ2n) is 6.09. The molecule has 0 fully saturated rings. The molecule has 0 bridgehead atoms. The number of rotatable bonds is 7.